The van der Waals surface area contributed by atoms with Gasteiger partial charge >= 0.3 is 0 Å². The fourth-order valence-electron chi connectivity index (χ4n) is 9.38. The highest BCUT2D eigenvalue weighted by atomic mass is 16.5. The Morgan fingerprint density at radius 1 is 0.271 bits per heavy atom. The van der Waals surface area contributed by atoms with Crippen molar-refractivity contribution >= 4 is 0 Å². The highest BCUT2D eigenvalue weighted by Gasteiger charge is 2.13. The minimum Gasteiger partial charge on any atom is -0.493 e. The summed E-state index contributed by atoms with van der Waals surface area (Å²) in [5, 5.41) is 0. The van der Waals surface area contributed by atoms with E-state index in [1.807, 2.05) is 6.92 Å². The maximum atomic E-state index is 6.62. The summed E-state index contributed by atoms with van der Waals surface area (Å²) < 4.78 is 26.1. The Balaban J connectivity index is 2.17. The van der Waals surface area contributed by atoms with Gasteiger partial charge < -0.3 is 18.9 Å². The highest BCUT2D eigenvalue weighted by Crippen LogP contribution is 2.32. The van der Waals surface area contributed by atoms with Crippen molar-refractivity contribution in [2.45, 2.75) is 298 Å². The molecule has 70 heavy (non-hydrogen) atoms. The van der Waals surface area contributed by atoms with Gasteiger partial charge in [-0.2, -0.15) is 0 Å². The molecule has 2 aromatic rings. The van der Waals surface area contributed by atoms with Crippen molar-refractivity contribution in [3.63, 3.8) is 0 Å². The summed E-state index contributed by atoms with van der Waals surface area (Å²) in [6.07, 6.45) is 52.3. The SMILES string of the molecule is CC#Cc1cc(OCCCCCCCCCCCCCCCC)c(C#Cc2cc(OCCCCCCCC)c(C)cc2OCCCCCCCC)cc1OCCCCCCCCCCCCCCCC. The molecule has 2 rings (SSSR count). The Hall–Kier alpha value is -3.24. The molecule has 0 heterocycles. The van der Waals surface area contributed by atoms with E-state index in [0.29, 0.717) is 19.8 Å². The molecule has 0 saturated carbocycles. The van der Waals surface area contributed by atoms with Crippen LogP contribution in [0, 0.1) is 30.6 Å². The summed E-state index contributed by atoms with van der Waals surface area (Å²) >= 11 is 0. The zero-order valence-electron chi connectivity index (χ0n) is 47.1. The summed E-state index contributed by atoms with van der Waals surface area (Å²) in [5.41, 5.74) is 3.65. The fourth-order valence-corrected chi connectivity index (χ4v) is 9.38. The molecule has 4 nitrogen and oxygen atoms in total. The summed E-state index contributed by atoms with van der Waals surface area (Å²) in [4.78, 5) is 0. The standard InChI is InChI=1S/C66H110O4/c1-7-12-16-20-24-26-28-30-32-34-36-38-42-46-53-69-65-58-62(66(57-60(65)48-11-5)70-54-47-43-39-37-35-33-31-29-27-25-21-17-13-8-2)50-49-61-56-63(67-51-44-40-22-18-14-9-3)59(6)55-64(61)68-52-45-41-23-19-15-10-4/h55-58H,7-10,12-47,51-54H2,1-6H3. The lowest BCUT2D eigenvalue weighted by Crippen LogP contribution is -2.04. The molecular weight excluding hydrogens is 857 g/mol. The first-order valence-corrected chi connectivity index (χ1v) is 30.4. The van der Waals surface area contributed by atoms with E-state index in [4.69, 9.17) is 18.9 Å². The topological polar surface area (TPSA) is 36.9 Å². The van der Waals surface area contributed by atoms with Gasteiger partial charge in [0.05, 0.1) is 43.1 Å². The van der Waals surface area contributed by atoms with E-state index < -0.39 is 0 Å². The van der Waals surface area contributed by atoms with E-state index in [9.17, 15) is 0 Å². The molecule has 0 unspecified atom stereocenters. The maximum absolute atomic E-state index is 6.62. The average Bonchev–Trinajstić information content (AvgIpc) is 3.36. The van der Waals surface area contributed by atoms with Crippen LogP contribution in [-0.2, 0) is 0 Å². The Morgan fingerprint density at radius 2 is 0.486 bits per heavy atom. The van der Waals surface area contributed by atoms with Gasteiger partial charge in [-0.05, 0) is 57.2 Å². The molecule has 0 aliphatic carbocycles. The van der Waals surface area contributed by atoms with E-state index in [0.717, 1.165) is 77.5 Å². The molecule has 0 bridgehead atoms. The van der Waals surface area contributed by atoms with Crippen LogP contribution in [0.25, 0.3) is 0 Å². The van der Waals surface area contributed by atoms with Gasteiger partial charge in [0.2, 0.25) is 0 Å². The summed E-state index contributed by atoms with van der Waals surface area (Å²) in [6.45, 7) is 15.9. The molecular formula is C66H110O4. The van der Waals surface area contributed by atoms with Gasteiger partial charge in [0.1, 0.15) is 23.0 Å². The quantitative estimate of drug-likeness (QED) is 0.0489. The van der Waals surface area contributed by atoms with Crippen LogP contribution in [0.4, 0.5) is 0 Å². The van der Waals surface area contributed by atoms with Gasteiger partial charge in [-0.1, -0.05) is 277 Å². The van der Waals surface area contributed by atoms with Gasteiger partial charge in [-0.3, -0.25) is 0 Å². The molecule has 0 radical (unpaired) electrons. The zero-order chi connectivity index (χ0) is 50.2. The van der Waals surface area contributed by atoms with Crippen molar-refractivity contribution in [2.75, 3.05) is 26.4 Å². The van der Waals surface area contributed by atoms with Gasteiger partial charge in [0, 0.05) is 12.1 Å². The lowest BCUT2D eigenvalue weighted by atomic mass is 10.0. The fraction of sp³-hybridized carbons (Fsp3) is 0.758. The first-order chi connectivity index (χ1) is 34.6. The average molecular weight is 968 g/mol. The number of ether oxygens (including phenoxy) is 4. The summed E-state index contributed by atoms with van der Waals surface area (Å²) in [6, 6.07) is 8.40. The maximum Gasteiger partial charge on any atom is 0.136 e. The molecule has 0 fully saturated rings. The van der Waals surface area contributed by atoms with E-state index in [-0.39, 0.29) is 0 Å². The summed E-state index contributed by atoms with van der Waals surface area (Å²) in [7, 11) is 0. The number of aryl methyl sites for hydroxylation is 1. The molecule has 0 saturated heterocycles. The largest absolute Gasteiger partial charge is 0.493 e. The number of hydrogen-bond donors (Lipinski definition) is 0. The monoisotopic (exact) mass is 967 g/mol. The van der Waals surface area contributed by atoms with Crippen LogP contribution in [0.2, 0.25) is 0 Å². The smallest absolute Gasteiger partial charge is 0.136 e. The molecule has 0 spiro atoms. The molecule has 0 N–H and O–H groups in total. The first kappa shape index (κ1) is 62.9. The Kier molecular flexibility index (Phi) is 42.0. The number of unbranched alkanes of at least 4 members (excludes halogenated alkanes) is 36. The predicted octanol–water partition coefficient (Wildman–Crippen LogP) is 21.0. The van der Waals surface area contributed by atoms with Crippen molar-refractivity contribution in [1.29, 1.82) is 0 Å². The summed E-state index contributed by atoms with van der Waals surface area (Å²) in [5.74, 6) is 16.9. The first-order valence-electron chi connectivity index (χ1n) is 30.4. The normalized spacial score (nSPS) is 11.0. The minimum atomic E-state index is 0.665. The van der Waals surface area contributed by atoms with Gasteiger partial charge in [0.25, 0.3) is 0 Å². The van der Waals surface area contributed by atoms with Crippen LogP contribution in [0.15, 0.2) is 24.3 Å². The molecule has 0 atom stereocenters. The molecule has 0 amide bonds. The van der Waals surface area contributed by atoms with Crippen LogP contribution in [0.5, 0.6) is 23.0 Å². The van der Waals surface area contributed by atoms with Crippen molar-refractivity contribution in [3.05, 3.63) is 46.5 Å². The molecule has 0 aliphatic heterocycles. The molecule has 0 aliphatic rings. The second kappa shape index (κ2) is 46.8. The molecule has 2 aromatic carbocycles. The van der Waals surface area contributed by atoms with Gasteiger partial charge in [-0.25, -0.2) is 0 Å². The van der Waals surface area contributed by atoms with Crippen LogP contribution in [0.3, 0.4) is 0 Å². The number of hydrogen-bond acceptors (Lipinski definition) is 4. The zero-order valence-corrected chi connectivity index (χ0v) is 47.1. The van der Waals surface area contributed by atoms with Crippen molar-refractivity contribution in [1.82, 2.24) is 0 Å². The highest BCUT2D eigenvalue weighted by molar-refractivity contribution is 5.61. The Morgan fingerprint density at radius 3 is 0.757 bits per heavy atom. The molecule has 398 valence electrons. The van der Waals surface area contributed by atoms with Crippen LogP contribution in [0.1, 0.15) is 314 Å². The van der Waals surface area contributed by atoms with Gasteiger partial charge in [-0.15, -0.1) is 5.92 Å². The number of rotatable bonds is 48. The lowest BCUT2D eigenvalue weighted by Gasteiger charge is -2.15. The second-order valence-corrected chi connectivity index (χ2v) is 20.7. The molecule has 4 heteroatoms. The second-order valence-electron chi connectivity index (χ2n) is 20.7. The van der Waals surface area contributed by atoms with Crippen LogP contribution < -0.4 is 18.9 Å². The minimum absolute atomic E-state index is 0.665. The lowest BCUT2D eigenvalue weighted by molar-refractivity contribution is 0.294. The predicted molar refractivity (Wildman–Crippen MR) is 306 cm³/mol. The third-order valence-electron chi connectivity index (χ3n) is 14.0. The Labute approximate surface area is 435 Å². The van der Waals surface area contributed by atoms with Crippen molar-refractivity contribution < 1.29 is 18.9 Å². The third-order valence-corrected chi connectivity index (χ3v) is 14.0. The Bertz CT molecular complexity index is 1640. The molecule has 0 aromatic heterocycles. The van der Waals surface area contributed by atoms with E-state index in [1.165, 1.54) is 231 Å². The van der Waals surface area contributed by atoms with E-state index in [1.54, 1.807) is 0 Å². The van der Waals surface area contributed by atoms with E-state index in [2.05, 4.69) is 82.6 Å². The number of benzene rings is 2. The van der Waals surface area contributed by atoms with Crippen molar-refractivity contribution in [2.24, 2.45) is 0 Å². The van der Waals surface area contributed by atoms with Crippen molar-refractivity contribution in [3.8, 4) is 46.7 Å². The van der Waals surface area contributed by atoms with Gasteiger partial charge in [0.15, 0.2) is 0 Å². The van der Waals surface area contributed by atoms with Crippen LogP contribution in [-0.4, -0.2) is 26.4 Å². The third kappa shape index (κ3) is 33.4. The van der Waals surface area contributed by atoms with Crippen LogP contribution >= 0.6 is 0 Å². The van der Waals surface area contributed by atoms with E-state index >= 15 is 0 Å².